The number of ether oxygens (including phenoxy) is 2. The van der Waals surface area contributed by atoms with Crippen molar-refractivity contribution < 1.29 is 28.7 Å². The van der Waals surface area contributed by atoms with Crippen LogP contribution in [-0.2, 0) is 9.59 Å². The van der Waals surface area contributed by atoms with Gasteiger partial charge in [-0.1, -0.05) is 0 Å². The van der Waals surface area contributed by atoms with Crippen LogP contribution in [-0.4, -0.2) is 47.4 Å². The number of amides is 4. The molecule has 1 fully saturated rings. The quantitative estimate of drug-likeness (QED) is 0.617. The van der Waals surface area contributed by atoms with Gasteiger partial charge in [0.15, 0.2) is 17.3 Å². The lowest BCUT2D eigenvalue weighted by Gasteiger charge is -2.16. The number of carbonyl (C=O) groups excluding carboxylic acids is 4. The number of nitrogens with one attached hydrogen (secondary N) is 2. The second-order valence-corrected chi connectivity index (χ2v) is 6.30. The Labute approximate surface area is 143 Å². The van der Waals surface area contributed by atoms with Crippen molar-refractivity contribution in [3.8, 4) is 11.5 Å². The van der Waals surface area contributed by atoms with Crippen molar-refractivity contribution in [3.05, 3.63) is 17.7 Å². The van der Waals surface area contributed by atoms with Crippen molar-refractivity contribution >= 4 is 29.3 Å². The van der Waals surface area contributed by atoms with Crippen LogP contribution >= 0.6 is 0 Å². The molecule has 2 aliphatic rings. The van der Waals surface area contributed by atoms with E-state index >= 15 is 0 Å². The summed E-state index contributed by atoms with van der Waals surface area (Å²) >= 11 is 0. The molecule has 0 saturated carbocycles. The highest BCUT2D eigenvalue weighted by molar-refractivity contribution is 6.10. The number of Topliss-reactive ketones (excluding diaryl/α,β-unsaturated/α-hetero) is 1. The van der Waals surface area contributed by atoms with E-state index in [1.54, 1.807) is 13.8 Å². The fourth-order valence-corrected chi connectivity index (χ4v) is 2.63. The highest BCUT2D eigenvalue weighted by Gasteiger charge is 2.44. The molecule has 2 aliphatic heterocycles. The molecular formula is C16H17N3O6. The molecule has 2 N–H and O–H groups in total. The maximum atomic E-state index is 12.3. The molecule has 9 nitrogen and oxygen atoms in total. The molecule has 0 spiro atoms. The van der Waals surface area contributed by atoms with Gasteiger partial charge in [-0.25, -0.2) is 4.79 Å². The summed E-state index contributed by atoms with van der Waals surface area (Å²) in [4.78, 5) is 48.9. The Kier molecular flexibility index (Phi) is 3.86. The zero-order chi connectivity index (χ0) is 18.4. The molecule has 3 rings (SSSR count). The minimum Gasteiger partial charge on any atom is -0.454 e. The van der Waals surface area contributed by atoms with Gasteiger partial charge in [0.1, 0.15) is 12.1 Å². The van der Waals surface area contributed by atoms with Gasteiger partial charge in [-0.2, -0.15) is 0 Å². The van der Waals surface area contributed by atoms with Crippen LogP contribution in [0.5, 0.6) is 11.5 Å². The van der Waals surface area contributed by atoms with E-state index in [4.69, 9.17) is 9.47 Å². The fourth-order valence-electron chi connectivity index (χ4n) is 2.63. The molecule has 0 bridgehead atoms. The number of fused-ring (bicyclic) bond motifs is 1. The number of carbonyl (C=O) groups is 4. The van der Waals surface area contributed by atoms with Crippen LogP contribution in [0.2, 0.25) is 0 Å². The smallest absolute Gasteiger partial charge is 0.325 e. The molecule has 0 atom stereocenters. The molecule has 9 heteroatoms. The largest absolute Gasteiger partial charge is 0.454 e. The van der Waals surface area contributed by atoms with Crippen LogP contribution < -0.4 is 20.1 Å². The second kappa shape index (κ2) is 5.76. The Bertz CT molecular complexity index is 801. The first-order valence-electron chi connectivity index (χ1n) is 7.57. The van der Waals surface area contributed by atoms with E-state index < -0.39 is 29.9 Å². The summed E-state index contributed by atoms with van der Waals surface area (Å²) < 4.78 is 10.5. The SMILES string of the molecule is CC(=O)c1cc2c(cc1NC(=O)CN1C(=O)NC(C)(C)C1=O)OCO2. The summed E-state index contributed by atoms with van der Waals surface area (Å²) in [5, 5.41) is 5.04. The first-order valence-corrected chi connectivity index (χ1v) is 7.57. The molecule has 0 aromatic heterocycles. The van der Waals surface area contributed by atoms with Gasteiger partial charge in [-0.15, -0.1) is 0 Å². The number of imide groups is 1. The normalized spacial score (nSPS) is 17.5. The summed E-state index contributed by atoms with van der Waals surface area (Å²) in [6.45, 7) is 4.03. The number of benzene rings is 1. The van der Waals surface area contributed by atoms with Gasteiger partial charge in [0.05, 0.1) is 5.69 Å². The van der Waals surface area contributed by atoms with Crippen molar-refractivity contribution in [2.75, 3.05) is 18.7 Å². The van der Waals surface area contributed by atoms with Crippen LogP contribution in [0, 0.1) is 0 Å². The Morgan fingerprint density at radius 3 is 2.44 bits per heavy atom. The number of hydrogen-bond donors (Lipinski definition) is 2. The third-order valence-corrected chi connectivity index (χ3v) is 3.91. The summed E-state index contributed by atoms with van der Waals surface area (Å²) in [6, 6.07) is 2.33. The number of anilines is 1. The number of urea groups is 1. The van der Waals surface area contributed by atoms with Crippen LogP contribution in [0.3, 0.4) is 0 Å². The van der Waals surface area contributed by atoms with Crippen molar-refractivity contribution in [2.45, 2.75) is 26.3 Å². The highest BCUT2D eigenvalue weighted by Crippen LogP contribution is 2.37. The van der Waals surface area contributed by atoms with Crippen LogP contribution in [0.4, 0.5) is 10.5 Å². The lowest BCUT2D eigenvalue weighted by atomic mass is 10.1. The van der Waals surface area contributed by atoms with E-state index in [0.29, 0.717) is 11.5 Å². The Morgan fingerprint density at radius 1 is 1.24 bits per heavy atom. The lowest BCUT2D eigenvalue weighted by molar-refractivity contribution is -0.132. The van der Waals surface area contributed by atoms with Crippen molar-refractivity contribution in [2.24, 2.45) is 0 Å². The highest BCUT2D eigenvalue weighted by atomic mass is 16.7. The van der Waals surface area contributed by atoms with E-state index in [1.165, 1.54) is 19.1 Å². The lowest BCUT2D eigenvalue weighted by Crippen LogP contribution is -2.41. The van der Waals surface area contributed by atoms with E-state index in [-0.39, 0.29) is 23.8 Å². The number of rotatable bonds is 4. The Hall–Kier alpha value is -3.10. The summed E-state index contributed by atoms with van der Waals surface area (Å²) in [7, 11) is 0. The molecular weight excluding hydrogens is 330 g/mol. The first kappa shape index (κ1) is 16.7. The van der Waals surface area contributed by atoms with Gasteiger partial charge in [0, 0.05) is 11.6 Å². The fraction of sp³-hybridized carbons (Fsp3) is 0.375. The zero-order valence-electron chi connectivity index (χ0n) is 14.0. The van der Waals surface area contributed by atoms with Gasteiger partial charge in [0.25, 0.3) is 5.91 Å². The molecule has 1 aromatic rings. The maximum absolute atomic E-state index is 12.3. The van der Waals surface area contributed by atoms with Crippen LogP contribution in [0.25, 0.3) is 0 Å². The van der Waals surface area contributed by atoms with Crippen molar-refractivity contribution in [1.82, 2.24) is 10.2 Å². The predicted octanol–water partition coefficient (Wildman–Crippen LogP) is 0.887. The minimum absolute atomic E-state index is 0.0294. The summed E-state index contributed by atoms with van der Waals surface area (Å²) in [5.41, 5.74) is -0.580. The van der Waals surface area contributed by atoms with Gasteiger partial charge in [-0.3, -0.25) is 19.3 Å². The summed E-state index contributed by atoms with van der Waals surface area (Å²) in [5.74, 6) is -0.562. The van der Waals surface area contributed by atoms with Crippen molar-refractivity contribution in [3.63, 3.8) is 0 Å². The zero-order valence-corrected chi connectivity index (χ0v) is 14.0. The molecule has 1 aromatic carbocycles. The van der Waals surface area contributed by atoms with Crippen LogP contribution in [0.1, 0.15) is 31.1 Å². The van der Waals surface area contributed by atoms with E-state index in [1.807, 2.05) is 0 Å². The van der Waals surface area contributed by atoms with Crippen LogP contribution in [0.15, 0.2) is 12.1 Å². The van der Waals surface area contributed by atoms with Crippen molar-refractivity contribution in [1.29, 1.82) is 0 Å². The molecule has 25 heavy (non-hydrogen) atoms. The maximum Gasteiger partial charge on any atom is 0.325 e. The van der Waals surface area contributed by atoms with Gasteiger partial charge in [0.2, 0.25) is 12.7 Å². The molecule has 1 saturated heterocycles. The van der Waals surface area contributed by atoms with E-state index in [9.17, 15) is 19.2 Å². The minimum atomic E-state index is -1.05. The third-order valence-electron chi connectivity index (χ3n) is 3.91. The number of hydrogen-bond acceptors (Lipinski definition) is 6. The molecule has 0 radical (unpaired) electrons. The van der Waals surface area contributed by atoms with Gasteiger partial charge < -0.3 is 20.1 Å². The Balaban J connectivity index is 1.79. The Morgan fingerprint density at radius 2 is 1.88 bits per heavy atom. The predicted molar refractivity (Wildman–Crippen MR) is 85.5 cm³/mol. The van der Waals surface area contributed by atoms with E-state index in [0.717, 1.165) is 4.90 Å². The molecule has 4 amide bonds. The monoisotopic (exact) mass is 347 g/mol. The summed E-state index contributed by atoms with van der Waals surface area (Å²) in [6.07, 6.45) is 0. The average Bonchev–Trinajstić information content (AvgIpc) is 3.04. The topological polar surface area (TPSA) is 114 Å². The molecule has 2 heterocycles. The van der Waals surface area contributed by atoms with Gasteiger partial charge in [-0.05, 0) is 26.8 Å². The average molecular weight is 347 g/mol. The molecule has 132 valence electrons. The number of nitrogens with zero attached hydrogens (tertiary/aromatic N) is 1. The van der Waals surface area contributed by atoms with Gasteiger partial charge >= 0.3 is 6.03 Å². The standard InChI is InChI=1S/C16H17N3O6/c1-8(20)9-4-11-12(25-7-24-11)5-10(9)17-13(21)6-19-14(22)16(2,3)18-15(19)23/h4-5H,6-7H2,1-3H3,(H,17,21)(H,18,23). The first-order chi connectivity index (χ1) is 11.7. The molecule has 0 aliphatic carbocycles. The third kappa shape index (κ3) is 3.00. The van der Waals surface area contributed by atoms with E-state index in [2.05, 4.69) is 10.6 Å². The second-order valence-electron chi connectivity index (χ2n) is 6.30. The number of ketones is 1. The molecule has 0 unspecified atom stereocenters.